The van der Waals surface area contributed by atoms with E-state index in [0.717, 1.165) is 19.3 Å². The van der Waals surface area contributed by atoms with Crippen LogP contribution in [0.15, 0.2) is 60.8 Å². The van der Waals surface area contributed by atoms with Gasteiger partial charge in [-0.3, -0.25) is 5.26 Å². The molecule has 0 aliphatic rings. The third-order valence-electron chi connectivity index (χ3n) is 3.11. The third kappa shape index (κ3) is 16.5. The van der Waals surface area contributed by atoms with Crippen LogP contribution in [-0.4, -0.2) is 17.3 Å². The number of carbonyl (C=O) groups is 1. The van der Waals surface area contributed by atoms with Gasteiger partial charge in [-0.1, -0.05) is 67.7 Å². The van der Waals surface area contributed by atoms with Gasteiger partial charge in [-0.25, -0.2) is 4.89 Å². The molecule has 0 aromatic heterocycles. The quantitative estimate of drug-likeness (QED) is 0.171. The van der Waals surface area contributed by atoms with Gasteiger partial charge in [-0.05, 0) is 44.9 Å². The average Bonchev–Trinajstić information content (AvgIpc) is 2.57. The van der Waals surface area contributed by atoms with Gasteiger partial charge >= 0.3 is 0 Å². The number of hydrogen-bond acceptors (Lipinski definition) is 4. The van der Waals surface area contributed by atoms with E-state index in [1.165, 1.54) is 0 Å². The molecule has 0 rings (SSSR count). The Bertz CT molecular complexity index is 445. The summed E-state index contributed by atoms with van der Waals surface area (Å²) in [6.07, 6.45) is 24.2. The SMILES string of the molecule is CC/C=C\C/C=C\C/C=C\C=C\[C@@H](C/C=C\CCCC(=O)[O-])OO. The van der Waals surface area contributed by atoms with Crippen LogP contribution in [0, 0.1) is 0 Å². The Hall–Kier alpha value is -1.91. The smallest absolute Gasteiger partial charge is 0.115 e. The molecule has 134 valence electrons. The van der Waals surface area contributed by atoms with Crippen molar-refractivity contribution in [2.75, 3.05) is 0 Å². The van der Waals surface area contributed by atoms with Crippen LogP contribution in [0.2, 0.25) is 0 Å². The molecule has 0 spiro atoms. The molecule has 0 saturated heterocycles. The minimum atomic E-state index is -1.03. The Balaban J connectivity index is 3.86. The molecule has 0 amide bonds. The van der Waals surface area contributed by atoms with Crippen LogP contribution < -0.4 is 5.11 Å². The van der Waals surface area contributed by atoms with Crippen LogP contribution in [0.4, 0.5) is 0 Å². The van der Waals surface area contributed by atoms with Crippen molar-refractivity contribution in [3.05, 3.63) is 60.8 Å². The Morgan fingerprint density at radius 3 is 2.42 bits per heavy atom. The van der Waals surface area contributed by atoms with Gasteiger partial charge in [0.25, 0.3) is 0 Å². The van der Waals surface area contributed by atoms with Gasteiger partial charge in [-0.15, -0.1) is 0 Å². The number of carboxylic acid groups (broad SMARTS) is 1. The summed E-state index contributed by atoms with van der Waals surface area (Å²) in [7, 11) is 0. The number of allylic oxidation sites excluding steroid dienone is 8. The number of rotatable bonds is 14. The molecule has 1 N–H and O–H groups in total. The van der Waals surface area contributed by atoms with Crippen molar-refractivity contribution in [2.24, 2.45) is 0 Å². The normalized spacial score (nSPS) is 14.1. The third-order valence-corrected chi connectivity index (χ3v) is 3.11. The van der Waals surface area contributed by atoms with E-state index >= 15 is 0 Å². The molecule has 24 heavy (non-hydrogen) atoms. The fourth-order valence-corrected chi connectivity index (χ4v) is 1.83. The minimum absolute atomic E-state index is 0.0678. The van der Waals surface area contributed by atoms with E-state index in [4.69, 9.17) is 5.26 Å². The van der Waals surface area contributed by atoms with Gasteiger partial charge in [0.15, 0.2) is 0 Å². The molecule has 4 heteroatoms. The Kier molecular flexibility index (Phi) is 16.1. The van der Waals surface area contributed by atoms with E-state index < -0.39 is 12.1 Å². The highest BCUT2D eigenvalue weighted by Gasteiger charge is 1.99. The summed E-state index contributed by atoms with van der Waals surface area (Å²) < 4.78 is 0. The first-order valence-electron chi connectivity index (χ1n) is 8.49. The zero-order valence-electron chi connectivity index (χ0n) is 14.5. The van der Waals surface area contributed by atoms with E-state index in [0.29, 0.717) is 19.3 Å². The molecular weight excluding hydrogens is 304 g/mol. The van der Waals surface area contributed by atoms with E-state index in [-0.39, 0.29) is 6.42 Å². The Labute approximate surface area is 145 Å². The second kappa shape index (κ2) is 17.4. The Morgan fingerprint density at radius 2 is 1.75 bits per heavy atom. The lowest BCUT2D eigenvalue weighted by Gasteiger charge is -2.04. The largest absolute Gasteiger partial charge is 0.550 e. The lowest BCUT2D eigenvalue weighted by atomic mass is 10.2. The summed E-state index contributed by atoms with van der Waals surface area (Å²) in [5, 5.41) is 19.1. The monoisotopic (exact) mass is 333 g/mol. The van der Waals surface area contributed by atoms with Crippen LogP contribution in [0.3, 0.4) is 0 Å². The van der Waals surface area contributed by atoms with Crippen LogP contribution in [-0.2, 0) is 9.68 Å². The molecule has 0 radical (unpaired) electrons. The Morgan fingerprint density at radius 1 is 1.04 bits per heavy atom. The standard InChI is InChI=1S/C20H30O4/c1-2-3-4-5-6-7-8-9-10-13-16-19(24-23)17-14-11-12-15-18-20(21)22/h3-4,6-7,9-11,13-14,16,19,23H,2,5,8,12,15,17-18H2,1H3,(H,21,22)/p-1/b4-3-,7-6-,10-9-,14-11-,16-13+/t19-/m0/s1. The maximum atomic E-state index is 10.2. The molecule has 0 saturated carbocycles. The predicted molar refractivity (Wildman–Crippen MR) is 96.2 cm³/mol. The predicted octanol–water partition coefficient (Wildman–Crippen LogP) is 4.13. The number of carbonyl (C=O) groups excluding carboxylic acids is 1. The number of aliphatic carboxylic acids is 1. The van der Waals surface area contributed by atoms with E-state index in [1.54, 1.807) is 6.08 Å². The van der Waals surface area contributed by atoms with E-state index in [1.807, 2.05) is 30.4 Å². The van der Waals surface area contributed by atoms with Crippen molar-refractivity contribution in [3.8, 4) is 0 Å². The van der Waals surface area contributed by atoms with Gasteiger partial charge in [0, 0.05) is 5.97 Å². The summed E-state index contributed by atoms with van der Waals surface area (Å²) in [5.74, 6) is -1.03. The van der Waals surface area contributed by atoms with Crippen LogP contribution in [0.5, 0.6) is 0 Å². The molecular formula is C20H29O4-. The maximum Gasteiger partial charge on any atom is 0.115 e. The second-order valence-corrected chi connectivity index (χ2v) is 5.25. The molecule has 4 nitrogen and oxygen atoms in total. The molecule has 0 unspecified atom stereocenters. The second-order valence-electron chi connectivity index (χ2n) is 5.25. The number of hydrogen-bond donors (Lipinski definition) is 1. The molecule has 0 aromatic carbocycles. The first-order valence-corrected chi connectivity index (χ1v) is 8.49. The first kappa shape index (κ1) is 22.1. The minimum Gasteiger partial charge on any atom is -0.550 e. The van der Waals surface area contributed by atoms with Crippen molar-refractivity contribution < 1.29 is 20.0 Å². The average molecular weight is 333 g/mol. The van der Waals surface area contributed by atoms with Crippen molar-refractivity contribution in [1.29, 1.82) is 0 Å². The van der Waals surface area contributed by atoms with Gasteiger partial charge in [0.2, 0.25) is 0 Å². The zero-order chi connectivity index (χ0) is 17.9. The molecule has 0 bridgehead atoms. The van der Waals surface area contributed by atoms with E-state index in [2.05, 4.69) is 36.1 Å². The summed E-state index contributed by atoms with van der Waals surface area (Å²) in [5.41, 5.74) is 0. The summed E-state index contributed by atoms with van der Waals surface area (Å²) >= 11 is 0. The highest BCUT2D eigenvalue weighted by molar-refractivity contribution is 5.64. The summed E-state index contributed by atoms with van der Waals surface area (Å²) in [6.45, 7) is 2.12. The topological polar surface area (TPSA) is 69.6 Å². The van der Waals surface area contributed by atoms with Crippen LogP contribution in [0.25, 0.3) is 0 Å². The van der Waals surface area contributed by atoms with Gasteiger partial charge in [0.05, 0.1) is 0 Å². The van der Waals surface area contributed by atoms with Crippen molar-refractivity contribution >= 4 is 5.97 Å². The highest BCUT2D eigenvalue weighted by atomic mass is 17.1. The molecule has 0 aromatic rings. The fraction of sp³-hybridized carbons (Fsp3) is 0.450. The lowest BCUT2D eigenvalue weighted by Crippen LogP contribution is -2.21. The maximum absolute atomic E-state index is 10.2. The van der Waals surface area contributed by atoms with Crippen molar-refractivity contribution in [3.63, 3.8) is 0 Å². The summed E-state index contributed by atoms with van der Waals surface area (Å²) in [4.78, 5) is 14.6. The zero-order valence-corrected chi connectivity index (χ0v) is 14.5. The van der Waals surface area contributed by atoms with Crippen LogP contribution in [0.1, 0.15) is 51.9 Å². The first-order chi connectivity index (χ1) is 11.7. The molecule has 0 aliphatic carbocycles. The molecule has 0 heterocycles. The van der Waals surface area contributed by atoms with Gasteiger partial charge in [-0.2, -0.15) is 0 Å². The van der Waals surface area contributed by atoms with Crippen LogP contribution >= 0.6 is 0 Å². The van der Waals surface area contributed by atoms with E-state index in [9.17, 15) is 9.90 Å². The van der Waals surface area contributed by atoms with Crippen molar-refractivity contribution in [2.45, 2.75) is 58.0 Å². The summed E-state index contributed by atoms with van der Waals surface area (Å²) in [6, 6.07) is 0. The fourth-order valence-electron chi connectivity index (χ4n) is 1.83. The molecule has 1 atom stereocenters. The van der Waals surface area contributed by atoms with Gasteiger partial charge < -0.3 is 9.90 Å². The lowest BCUT2D eigenvalue weighted by molar-refractivity contribution is -0.305. The highest BCUT2D eigenvalue weighted by Crippen LogP contribution is 2.03. The number of carboxylic acids is 1. The van der Waals surface area contributed by atoms with Gasteiger partial charge in [0.1, 0.15) is 6.10 Å². The molecule has 0 aliphatic heterocycles. The molecule has 0 fully saturated rings. The number of unbranched alkanes of at least 4 members (excludes halogenated alkanes) is 1. The van der Waals surface area contributed by atoms with Crippen molar-refractivity contribution in [1.82, 2.24) is 0 Å².